The van der Waals surface area contributed by atoms with Gasteiger partial charge in [-0.1, -0.05) is 48.5 Å². The van der Waals surface area contributed by atoms with Crippen LogP contribution in [0.25, 0.3) is 0 Å². The van der Waals surface area contributed by atoms with E-state index in [1.807, 2.05) is 60.7 Å². The fraction of sp³-hybridized carbons (Fsp3) is 0.0714. The van der Waals surface area contributed by atoms with Crippen LogP contribution in [-0.4, -0.2) is 5.91 Å². The monoisotopic (exact) mass is 260 g/mol. The Kier molecular flexibility index (Phi) is 4.20. The lowest BCUT2D eigenvalue weighted by atomic mass is 10.1. The third-order valence-electron chi connectivity index (χ3n) is 2.43. The molecule has 0 fully saturated rings. The summed E-state index contributed by atoms with van der Waals surface area (Å²) in [5, 5.41) is -0.706. The maximum absolute atomic E-state index is 11.8. The summed E-state index contributed by atoms with van der Waals surface area (Å²) >= 11 is 6.07. The van der Waals surface area contributed by atoms with Crippen LogP contribution >= 0.6 is 11.6 Å². The third-order valence-corrected chi connectivity index (χ3v) is 2.88. The second kappa shape index (κ2) is 6.07. The molecule has 1 atom stereocenters. The van der Waals surface area contributed by atoms with Gasteiger partial charge in [-0.3, -0.25) is 15.6 Å². The van der Waals surface area contributed by atoms with Crippen molar-refractivity contribution in [1.29, 1.82) is 0 Å². The van der Waals surface area contributed by atoms with E-state index in [9.17, 15) is 4.79 Å². The van der Waals surface area contributed by atoms with E-state index < -0.39 is 5.38 Å². The van der Waals surface area contributed by atoms with Crippen molar-refractivity contribution < 1.29 is 4.79 Å². The van der Waals surface area contributed by atoms with Crippen molar-refractivity contribution in [2.24, 2.45) is 0 Å². The number of carbonyl (C=O) groups excluding carboxylic acids is 1. The Bertz CT molecular complexity index is 502. The number of hydrogen-bond acceptors (Lipinski definition) is 2. The zero-order valence-corrected chi connectivity index (χ0v) is 10.4. The number of halogens is 1. The molecule has 0 spiro atoms. The van der Waals surface area contributed by atoms with Crippen LogP contribution in [0.4, 0.5) is 5.69 Å². The van der Waals surface area contributed by atoms with Gasteiger partial charge in [-0.2, -0.15) is 0 Å². The largest absolute Gasteiger partial charge is 0.299 e. The second-order valence-corrected chi connectivity index (χ2v) is 4.19. The first kappa shape index (κ1) is 12.5. The Morgan fingerprint density at radius 2 is 1.50 bits per heavy atom. The number of hydrazine groups is 1. The first-order valence-corrected chi connectivity index (χ1v) is 6.01. The summed E-state index contributed by atoms with van der Waals surface area (Å²) in [6.45, 7) is 0. The second-order valence-electron chi connectivity index (χ2n) is 3.75. The maximum atomic E-state index is 11.8. The van der Waals surface area contributed by atoms with E-state index in [2.05, 4.69) is 10.9 Å². The van der Waals surface area contributed by atoms with E-state index in [1.54, 1.807) is 0 Å². The van der Waals surface area contributed by atoms with Crippen LogP contribution in [-0.2, 0) is 4.79 Å². The van der Waals surface area contributed by atoms with Crippen LogP contribution in [0, 0.1) is 0 Å². The summed E-state index contributed by atoms with van der Waals surface area (Å²) < 4.78 is 0. The van der Waals surface area contributed by atoms with Gasteiger partial charge in [-0.05, 0) is 17.7 Å². The molecule has 0 aliphatic rings. The quantitative estimate of drug-likeness (QED) is 0.655. The minimum atomic E-state index is -0.706. The molecule has 4 heteroatoms. The average Bonchev–Trinajstić information content (AvgIpc) is 2.46. The van der Waals surface area contributed by atoms with Crippen molar-refractivity contribution in [2.45, 2.75) is 5.38 Å². The van der Waals surface area contributed by atoms with E-state index in [0.29, 0.717) is 0 Å². The summed E-state index contributed by atoms with van der Waals surface area (Å²) in [6, 6.07) is 18.6. The Morgan fingerprint density at radius 1 is 0.944 bits per heavy atom. The number of nitrogens with one attached hydrogen (secondary N) is 2. The molecule has 0 saturated carbocycles. The molecule has 2 aromatic rings. The van der Waals surface area contributed by atoms with Gasteiger partial charge in [-0.25, -0.2) is 0 Å². The van der Waals surface area contributed by atoms with Gasteiger partial charge >= 0.3 is 0 Å². The summed E-state index contributed by atoms with van der Waals surface area (Å²) in [5.41, 5.74) is 6.97. The summed E-state index contributed by atoms with van der Waals surface area (Å²) in [7, 11) is 0. The molecule has 0 aliphatic heterocycles. The average molecular weight is 261 g/mol. The molecule has 0 radical (unpaired) electrons. The zero-order chi connectivity index (χ0) is 12.8. The number of hydrogen-bond donors (Lipinski definition) is 2. The first-order chi connectivity index (χ1) is 8.77. The van der Waals surface area contributed by atoms with Gasteiger partial charge in [0.2, 0.25) is 0 Å². The highest BCUT2D eigenvalue weighted by Gasteiger charge is 2.16. The molecule has 0 aromatic heterocycles. The lowest BCUT2D eigenvalue weighted by Crippen LogP contribution is -2.32. The maximum Gasteiger partial charge on any atom is 0.260 e. The van der Waals surface area contributed by atoms with Gasteiger partial charge in [0.05, 0.1) is 5.69 Å². The molecule has 0 bridgehead atoms. The van der Waals surface area contributed by atoms with Crippen molar-refractivity contribution in [3.8, 4) is 0 Å². The lowest BCUT2D eigenvalue weighted by molar-refractivity contribution is -0.120. The molecule has 2 N–H and O–H groups in total. The Hall–Kier alpha value is -2.00. The van der Waals surface area contributed by atoms with Gasteiger partial charge < -0.3 is 0 Å². The summed E-state index contributed by atoms with van der Waals surface area (Å²) in [4.78, 5) is 11.8. The topological polar surface area (TPSA) is 41.1 Å². The van der Waals surface area contributed by atoms with E-state index >= 15 is 0 Å². The van der Waals surface area contributed by atoms with Crippen LogP contribution in [0.3, 0.4) is 0 Å². The molecule has 1 amide bonds. The standard InChI is InChI=1S/C14H13ClN2O/c15-13(11-7-3-1-4-8-11)14(18)17-16-12-9-5-2-6-10-12/h1-10,13,16H,(H,17,18). The summed E-state index contributed by atoms with van der Waals surface area (Å²) in [5.74, 6) is -0.285. The molecule has 1 unspecified atom stereocenters. The molecule has 2 rings (SSSR count). The molecule has 92 valence electrons. The fourth-order valence-electron chi connectivity index (χ4n) is 1.49. The number of amides is 1. The van der Waals surface area contributed by atoms with Crippen LogP contribution in [0.5, 0.6) is 0 Å². The Labute approximate surface area is 111 Å². The van der Waals surface area contributed by atoms with Gasteiger partial charge in [0.1, 0.15) is 5.38 Å². The highest BCUT2D eigenvalue weighted by molar-refractivity contribution is 6.30. The van der Waals surface area contributed by atoms with Gasteiger partial charge in [0.15, 0.2) is 0 Å². The van der Waals surface area contributed by atoms with Crippen LogP contribution in [0.1, 0.15) is 10.9 Å². The van der Waals surface area contributed by atoms with Crippen molar-refractivity contribution in [3.05, 3.63) is 66.2 Å². The molecule has 18 heavy (non-hydrogen) atoms. The number of para-hydroxylation sites is 1. The number of rotatable bonds is 4. The smallest absolute Gasteiger partial charge is 0.260 e. The van der Waals surface area contributed by atoms with Crippen molar-refractivity contribution in [3.63, 3.8) is 0 Å². The highest BCUT2D eigenvalue weighted by atomic mass is 35.5. The number of carbonyl (C=O) groups is 1. The van der Waals surface area contributed by atoms with Crippen LogP contribution in [0.2, 0.25) is 0 Å². The third kappa shape index (κ3) is 3.25. The Balaban J connectivity index is 1.93. The molecule has 0 saturated heterocycles. The normalized spacial score (nSPS) is 11.6. The summed E-state index contributed by atoms with van der Waals surface area (Å²) in [6.07, 6.45) is 0. The van der Waals surface area contributed by atoms with Crippen LogP contribution in [0.15, 0.2) is 60.7 Å². The molecule has 2 aromatic carbocycles. The van der Waals surface area contributed by atoms with Crippen molar-refractivity contribution in [1.82, 2.24) is 5.43 Å². The Morgan fingerprint density at radius 3 is 2.11 bits per heavy atom. The van der Waals surface area contributed by atoms with Crippen molar-refractivity contribution >= 4 is 23.2 Å². The predicted octanol–water partition coefficient (Wildman–Crippen LogP) is 3.11. The van der Waals surface area contributed by atoms with Gasteiger partial charge in [0, 0.05) is 0 Å². The van der Waals surface area contributed by atoms with Crippen molar-refractivity contribution in [2.75, 3.05) is 5.43 Å². The van der Waals surface area contributed by atoms with Crippen LogP contribution < -0.4 is 10.9 Å². The molecule has 3 nitrogen and oxygen atoms in total. The number of benzene rings is 2. The highest BCUT2D eigenvalue weighted by Crippen LogP contribution is 2.19. The minimum Gasteiger partial charge on any atom is -0.299 e. The molecular weight excluding hydrogens is 248 g/mol. The van der Waals surface area contributed by atoms with E-state index in [4.69, 9.17) is 11.6 Å². The predicted molar refractivity (Wildman–Crippen MR) is 73.2 cm³/mol. The lowest BCUT2D eigenvalue weighted by Gasteiger charge is -2.12. The number of alkyl halides is 1. The van der Waals surface area contributed by atoms with Gasteiger partial charge in [-0.15, -0.1) is 11.6 Å². The number of anilines is 1. The molecule has 0 aliphatic carbocycles. The zero-order valence-electron chi connectivity index (χ0n) is 9.64. The van der Waals surface area contributed by atoms with E-state index in [-0.39, 0.29) is 5.91 Å². The SMILES string of the molecule is O=C(NNc1ccccc1)C(Cl)c1ccccc1. The minimum absolute atomic E-state index is 0.285. The van der Waals surface area contributed by atoms with E-state index in [1.165, 1.54) is 0 Å². The first-order valence-electron chi connectivity index (χ1n) is 5.57. The molecule has 0 heterocycles. The van der Waals surface area contributed by atoms with Gasteiger partial charge in [0.25, 0.3) is 5.91 Å². The van der Waals surface area contributed by atoms with E-state index in [0.717, 1.165) is 11.3 Å². The molecular formula is C14H13ClN2O. The fourth-order valence-corrected chi connectivity index (χ4v) is 1.69.